The summed E-state index contributed by atoms with van der Waals surface area (Å²) in [6.07, 6.45) is 1.31. The molecule has 4 heteroatoms. The van der Waals surface area contributed by atoms with E-state index in [0.717, 1.165) is 23.2 Å². The van der Waals surface area contributed by atoms with Crippen molar-refractivity contribution < 1.29 is 4.39 Å². The van der Waals surface area contributed by atoms with Crippen molar-refractivity contribution in [1.29, 1.82) is 0 Å². The van der Waals surface area contributed by atoms with Crippen molar-refractivity contribution in [2.45, 2.75) is 26.7 Å². The number of nitrogens with zero attached hydrogens (tertiary/aromatic N) is 2. The molecule has 0 unspecified atom stereocenters. The summed E-state index contributed by atoms with van der Waals surface area (Å²) >= 11 is 0. The third kappa shape index (κ3) is 2.64. The second-order valence-corrected chi connectivity index (χ2v) is 4.26. The number of rotatable bonds is 3. The highest BCUT2D eigenvalue weighted by molar-refractivity contribution is 5.41. The quantitative estimate of drug-likeness (QED) is 0.904. The average Bonchev–Trinajstić information content (AvgIpc) is 2.33. The van der Waals surface area contributed by atoms with E-state index in [9.17, 15) is 4.39 Å². The van der Waals surface area contributed by atoms with Gasteiger partial charge in [-0.3, -0.25) is 0 Å². The zero-order valence-corrected chi connectivity index (χ0v) is 10.6. The number of benzene rings is 1. The summed E-state index contributed by atoms with van der Waals surface area (Å²) in [6, 6.07) is 6.45. The first-order valence-electron chi connectivity index (χ1n) is 5.96. The highest BCUT2D eigenvalue weighted by Crippen LogP contribution is 2.15. The molecule has 0 atom stereocenters. The van der Waals surface area contributed by atoms with E-state index in [1.54, 1.807) is 6.07 Å². The highest BCUT2D eigenvalue weighted by atomic mass is 19.1. The summed E-state index contributed by atoms with van der Waals surface area (Å²) in [5.41, 5.74) is 8.59. The van der Waals surface area contributed by atoms with Gasteiger partial charge in [-0.25, -0.2) is 14.4 Å². The molecule has 0 saturated carbocycles. The number of nitrogens with two attached hydrogens (primary N) is 1. The van der Waals surface area contributed by atoms with Crippen molar-refractivity contribution in [3.63, 3.8) is 0 Å². The largest absolute Gasteiger partial charge is 0.383 e. The Hall–Kier alpha value is -1.97. The smallest absolute Gasteiger partial charge is 0.135 e. The fourth-order valence-corrected chi connectivity index (χ4v) is 1.89. The van der Waals surface area contributed by atoms with Crippen molar-refractivity contribution in [2.75, 3.05) is 5.73 Å². The van der Waals surface area contributed by atoms with Crippen molar-refractivity contribution >= 4 is 5.82 Å². The van der Waals surface area contributed by atoms with Crippen LogP contribution >= 0.6 is 0 Å². The molecule has 1 aromatic carbocycles. The van der Waals surface area contributed by atoms with Gasteiger partial charge >= 0.3 is 0 Å². The van der Waals surface area contributed by atoms with Crippen LogP contribution in [0.2, 0.25) is 0 Å². The fraction of sp³-hybridized carbons (Fsp3) is 0.286. The summed E-state index contributed by atoms with van der Waals surface area (Å²) in [5.74, 6) is 0.900. The second kappa shape index (κ2) is 5.12. The maximum absolute atomic E-state index is 13.1. The third-order valence-corrected chi connectivity index (χ3v) is 2.92. The van der Waals surface area contributed by atoms with Crippen LogP contribution in [0.15, 0.2) is 24.3 Å². The zero-order valence-electron chi connectivity index (χ0n) is 10.6. The van der Waals surface area contributed by atoms with E-state index < -0.39 is 0 Å². The number of nitrogen functional groups attached to an aromatic ring is 1. The van der Waals surface area contributed by atoms with Gasteiger partial charge in [0.05, 0.1) is 0 Å². The molecule has 0 aliphatic rings. The Bertz CT molecular complexity index is 567. The minimum absolute atomic E-state index is 0.247. The molecule has 0 spiro atoms. The van der Waals surface area contributed by atoms with Crippen molar-refractivity contribution in [1.82, 2.24) is 9.97 Å². The van der Waals surface area contributed by atoms with Gasteiger partial charge < -0.3 is 5.73 Å². The molecule has 0 aliphatic carbocycles. The van der Waals surface area contributed by atoms with E-state index >= 15 is 0 Å². The number of halogens is 1. The average molecular weight is 245 g/mol. The van der Waals surface area contributed by atoms with Gasteiger partial charge in [0.2, 0.25) is 0 Å². The summed E-state index contributed by atoms with van der Waals surface area (Å²) in [5, 5.41) is 0. The summed E-state index contributed by atoms with van der Waals surface area (Å²) < 4.78 is 13.1. The van der Waals surface area contributed by atoms with Gasteiger partial charge in [0, 0.05) is 17.7 Å². The first-order valence-corrected chi connectivity index (χ1v) is 5.96. The normalized spacial score (nSPS) is 10.6. The molecule has 0 fully saturated rings. The molecule has 2 rings (SSSR count). The highest BCUT2D eigenvalue weighted by Gasteiger charge is 2.08. The maximum atomic E-state index is 13.1. The number of hydrogen-bond donors (Lipinski definition) is 1. The monoisotopic (exact) mass is 245 g/mol. The van der Waals surface area contributed by atoms with Crippen LogP contribution in [0.5, 0.6) is 0 Å². The van der Waals surface area contributed by atoms with Crippen LogP contribution < -0.4 is 5.73 Å². The molecule has 3 nitrogen and oxygen atoms in total. The van der Waals surface area contributed by atoms with Gasteiger partial charge in [0.25, 0.3) is 0 Å². The Labute approximate surface area is 106 Å². The van der Waals surface area contributed by atoms with Gasteiger partial charge in [-0.05, 0) is 31.0 Å². The van der Waals surface area contributed by atoms with Gasteiger partial charge in [-0.15, -0.1) is 0 Å². The minimum atomic E-state index is -0.247. The van der Waals surface area contributed by atoms with E-state index in [-0.39, 0.29) is 5.82 Å². The molecule has 18 heavy (non-hydrogen) atoms. The molecule has 2 aromatic rings. The van der Waals surface area contributed by atoms with Gasteiger partial charge in [0.1, 0.15) is 17.5 Å². The SMILES string of the molecule is CCc1nc(Cc2cccc(F)c2)nc(N)c1C. The maximum Gasteiger partial charge on any atom is 0.135 e. The predicted molar refractivity (Wildman–Crippen MR) is 69.8 cm³/mol. The Morgan fingerprint density at radius 3 is 2.72 bits per heavy atom. The molecule has 0 bridgehead atoms. The molecule has 0 radical (unpaired) electrons. The van der Waals surface area contributed by atoms with Gasteiger partial charge in [-0.2, -0.15) is 0 Å². The van der Waals surface area contributed by atoms with E-state index in [1.807, 2.05) is 19.9 Å². The topological polar surface area (TPSA) is 51.8 Å². The molecule has 2 N–H and O–H groups in total. The van der Waals surface area contributed by atoms with Crippen molar-refractivity contribution in [3.05, 3.63) is 52.7 Å². The predicted octanol–water partition coefficient (Wildman–Crippen LogP) is 2.66. The van der Waals surface area contributed by atoms with Crippen LogP contribution in [-0.4, -0.2) is 9.97 Å². The van der Waals surface area contributed by atoms with Gasteiger partial charge in [-0.1, -0.05) is 19.1 Å². The molecule has 0 saturated heterocycles. The first kappa shape index (κ1) is 12.5. The second-order valence-electron chi connectivity index (χ2n) is 4.26. The zero-order chi connectivity index (χ0) is 13.1. The van der Waals surface area contributed by atoms with E-state index in [1.165, 1.54) is 12.1 Å². The van der Waals surface area contributed by atoms with Crippen LogP contribution in [-0.2, 0) is 12.8 Å². The lowest BCUT2D eigenvalue weighted by molar-refractivity contribution is 0.625. The molecule has 0 amide bonds. The van der Waals surface area contributed by atoms with Gasteiger partial charge in [0.15, 0.2) is 0 Å². The lowest BCUT2D eigenvalue weighted by atomic mass is 10.1. The van der Waals surface area contributed by atoms with Crippen LogP contribution in [0, 0.1) is 12.7 Å². The van der Waals surface area contributed by atoms with Crippen LogP contribution in [0.1, 0.15) is 29.6 Å². The molecule has 0 aliphatic heterocycles. The first-order chi connectivity index (χ1) is 8.60. The molecular weight excluding hydrogens is 229 g/mol. The van der Waals surface area contributed by atoms with Crippen molar-refractivity contribution in [3.8, 4) is 0 Å². The van der Waals surface area contributed by atoms with Crippen LogP contribution in [0.25, 0.3) is 0 Å². The van der Waals surface area contributed by atoms with E-state index in [4.69, 9.17) is 5.73 Å². The number of hydrogen-bond acceptors (Lipinski definition) is 3. The molecule has 1 aromatic heterocycles. The molecule has 1 heterocycles. The molecule has 94 valence electrons. The van der Waals surface area contributed by atoms with Crippen LogP contribution in [0.4, 0.5) is 10.2 Å². The Morgan fingerprint density at radius 1 is 1.28 bits per heavy atom. The molecular formula is C14H16FN3. The third-order valence-electron chi connectivity index (χ3n) is 2.92. The summed E-state index contributed by atoms with van der Waals surface area (Å²) in [7, 11) is 0. The van der Waals surface area contributed by atoms with E-state index in [0.29, 0.717) is 18.1 Å². The number of aromatic nitrogens is 2. The van der Waals surface area contributed by atoms with E-state index in [2.05, 4.69) is 9.97 Å². The minimum Gasteiger partial charge on any atom is -0.383 e. The fourth-order valence-electron chi connectivity index (χ4n) is 1.89. The van der Waals surface area contributed by atoms with Crippen molar-refractivity contribution in [2.24, 2.45) is 0 Å². The standard InChI is InChI=1S/C14H16FN3/c1-3-12-9(2)14(16)18-13(17-12)8-10-5-4-6-11(15)7-10/h4-7H,3,8H2,1-2H3,(H2,16,17,18). The Balaban J connectivity index is 2.32. The summed E-state index contributed by atoms with van der Waals surface area (Å²) in [4.78, 5) is 8.71. The number of aryl methyl sites for hydroxylation is 1. The number of anilines is 1. The Kier molecular flexibility index (Phi) is 3.55. The summed E-state index contributed by atoms with van der Waals surface area (Å²) in [6.45, 7) is 3.95. The Morgan fingerprint density at radius 2 is 2.06 bits per heavy atom. The van der Waals surface area contributed by atoms with Crippen LogP contribution in [0.3, 0.4) is 0 Å². The lowest BCUT2D eigenvalue weighted by Crippen LogP contribution is -2.07. The lowest BCUT2D eigenvalue weighted by Gasteiger charge is -2.08.